The number of amidine groups is 1. The molecule has 1 atom stereocenters. The van der Waals surface area contributed by atoms with E-state index in [1.807, 2.05) is 46.7 Å². The maximum Gasteiger partial charge on any atom is 0.338 e. The lowest BCUT2D eigenvalue weighted by atomic mass is 9.94. The van der Waals surface area contributed by atoms with E-state index in [4.69, 9.17) is 25.8 Å². The van der Waals surface area contributed by atoms with Gasteiger partial charge in [-0.3, -0.25) is 4.79 Å². The Morgan fingerprint density at radius 1 is 1.23 bits per heavy atom. The third-order valence-electron chi connectivity index (χ3n) is 5.87. The van der Waals surface area contributed by atoms with Gasteiger partial charge >= 0.3 is 5.97 Å². The number of halogens is 1. The number of aliphatic imine (C=N–C) groups is 1. The number of hydrogen-bond donors (Lipinski definition) is 1. The lowest BCUT2D eigenvalue weighted by molar-refractivity contribution is -0.136. The molecule has 1 amide bonds. The Balaban J connectivity index is 1.37. The van der Waals surface area contributed by atoms with Crippen LogP contribution in [0.5, 0.6) is 11.5 Å². The monoisotopic (exact) mass is 511 g/mol. The number of allylic oxidation sites excluding steroid dienone is 1. The number of benzene rings is 2. The molecule has 10 heteroatoms. The number of methoxy groups -OCH3 is 1. The van der Waals surface area contributed by atoms with E-state index in [9.17, 15) is 9.59 Å². The highest BCUT2D eigenvalue weighted by atomic mass is 35.5. The van der Waals surface area contributed by atoms with Gasteiger partial charge in [0.05, 0.1) is 30.8 Å². The van der Waals surface area contributed by atoms with Crippen LogP contribution in [0.3, 0.4) is 0 Å². The largest absolute Gasteiger partial charge is 0.466 e. The average molecular weight is 512 g/mol. The zero-order valence-electron chi connectivity index (χ0n) is 19.0. The molecule has 0 saturated carbocycles. The third kappa shape index (κ3) is 4.49. The Morgan fingerprint density at radius 3 is 2.83 bits per heavy atom. The number of thioether (sulfide) groups is 1. The second-order valence-corrected chi connectivity index (χ2v) is 9.29. The van der Waals surface area contributed by atoms with E-state index in [0.717, 1.165) is 16.8 Å². The number of carbonyl (C=O) groups excluding carboxylic acids is 2. The molecule has 0 saturated heterocycles. The Morgan fingerprint density at radius 2 is 2.03 bits per heavy atom. The summed E-state index contributed by atoms with van der Waals surface area (Å²) in [6.07, 6.45) is 0.102. The fourth-order valence-electron chi connectivity index (χ4n) is 4.21. The molecule has 1 N–H and O–H groups in total. The van der Waals surface area contributed by atoms with E-state index in [-0.39, 0.29) is 19.1 Å². The number of rotatable bonds is 6. The molecule has 3 aliphatic heterocycles. The molecule has 0 radical (unpaired) electrons. The number of ether oxygens (including phenoxy) is 3. The summed E-state index contributed by atoms with van der Waals surface area (Å²) in [5, 5.41) is 6.03. The van der Waals surface area contributed by atoms with Crippen molar-refractivity contribution in [2.45, 2.75) is 25.9 Å². The Labute approximate surface area is 211 Å². The van der Waals surface area contributed by atoms with Gasteiger partial charge in [-0.05, 0) is 41.7 Å². The fraction of sp³-hybridized carbons (Fsp3) is 0.240. The predicted molar refractivity (Wildman–Crippen MR) is 133 cm³/mol. The van der Waals surface area contributed by atoms with Gasteiger partial charge in [0, 0.05) is 17.3 Å². The van der Waals surface area contributed by atoms with Gasteiger partial charge in [0.2, 0.25) is 12.7 Å². The standard InChI is InChI=1S/C25H22ClN3O5S/c1-14-22(24(31)32-2)23(17-5-3-4-6-18(17)26)29-16(12-35-25(29)28-14)10-21(30)27-11-15-7-8-19-20(9-15)34-13-33-19/h3-9,12,23H,10-11,13H2,1-2H3,(H,27,30). The molecule has 0 fully saturated rings. The molecular weight excluding hydrogens is 490 g/mol. The summed E-state index contributed by atoms with van der Waals surface area (Å²) in [6.45, 7) is 2.32. The number of esters is 1. The molecule has 8 nitrogen and oxygen atoms in total. The quantitative estimate of drug-likeness (QED) is 0.570. The summed E-state index contributed by atoms with van der Waals surface area (Å²) in [5.74, 6) is 0.708. The van der Waals surface area contributed by atoms with Crippen LogP contribution in [0, 0.1) is 0 Å². The molecule has 3 aliphatic rings. The van der Waals surface area contributed by atoms with Crippen LogP contribution in [-0.4, -0.2) is 35.8 Å². The van der Waals surface area contributed by atoms with Crippen LogP contribution < -0.4 is 14.8 Å². The molecular formula is C25H22ClN3O5S. The number of nitrogens with one attached hydrogen (secondary N) is 1. The van der Waals surface area contributed by atoms with Gasteiger partial charge in [-0.25, -0.2) is 9.79 Å². The van der Waals surface area contributed by atoms with E-state index < -0.39 is 12.0 Å². The van der Waals surface area contributed by atoms with Gasteiger partial charge in [-0.1, -0.05) is 47.6 Å². The van der Waals surface area contributed by atoms with E-state index >= 15 is 0 Å². The maximum atomic E-state index is 12.9. The predicted octanol–water partition coefficient (Wildman–Crippen LogP) is 4.52. The van der Waals surface area contributed by atoms with Gasteiger partial charge < -0.3 is 24.4 Å². The molecule has 0 bridgehead atoms. The molecule has 0 aliphatic carbocycles. The van der Waals surface area contributed by atoms with E-state index in [2.05, 4.69) is 10.3 Å². The van der Waals surface area contributed by atoms with Crippen LogP contribution in [0.2, 0.25) is 5.02 Å². The molecule has 0 spiro atoms. The van der Waals surface area contributed by atoms with Crippen molar-refractivity contribution < 1.29 is 23.8 Å². The summed E-state index contributed by atoms with van der Waals surface area (Å²) in [7, 11) is 1.34. The smallest absolute Gasteiger partial charge is 0.338 e. The first-order valence-electron chi connectivity index (χ1n) is 10.9. The van der Waals surface area contributed by atoms with Gasteiger partial charge in [-0.2, -0.15) is 0 Å². The van der Waals surface area contributed by atoms with Gasteiger partial charge in [0.15, 0.2) is 16.7 Å². The number of nitrogens with zero attached hydrogens (tertiary/aromatic N) is 2. The summed E-state index contributed by atoms with van der Waals surface area (Å²) in [6, 6.07) is 12.3. The average Bonchev–Trinajstić information content (AvgIpc) is 3.48. The Bertz CT molecular complexity index is 1310. The van der Waals surface area contributed by atoms with Crippen LogP contribution >= 0.6 is 23.4 Å². The lowest BCUT2D eigenvalue weighted by Gasteiger charge is -2.36. The number of carbonyl (C=O) groups is 2. The van der Waals surface area contributed by atoms with Crippen molar-refractivity contribution in [1.29, 1.82) is 0 Å². The zero-order chi connectivity index (χ0) is 24.5. The van der Waals surface area contributed by atoms with Crippen molar-refractivity contribution in [3.8, 4) is 11.5 Å². The maximum absolute atomic E-state index is 12.9. The van der Waals surface area contributed by atoms with Gasteiger partial charge in [0.25, 0.3) is 0 Å². The lowest BCUT2D eigenvalue weighted by Crippen LogP contribution is -2.38. The zero-order valence-corrected chi connectivity index (χ0v) is 20.6. The molecule has 180 valence electrons. The molecule has 1 unspecified atom stereocenters. The Kier molecular flexibility index (Phi) is 6.44. The minimum Gasteiger partial charge on any atom is -0.466 e. The van der Waals surface area contributed by atoms with Crippen LogP contribution in [0.1, 0.15) is 30.5 Å². The summed E-state index contributed by atoms with van der Waals surface area (Å²) in [4.78, 5) is 32.2. The summed E-state index contributed by atoms with van der Waals surface area (Å²) >= 11 is 7.96. The highest BCUT2D eigenvalue weighted by molar-refractivity contribution is 8.16. The van der Waals surface area contributed by atoms with Crippen LogP contribution in [-0.2, 0) is 20.9 Å². The van der Waals surface area contributed by atoms with Gasteiger partial charge in [0.1, 0.15) is 0 Å². The first-order chi connectivity index (χ1) is 17.0. The van der Waals surface area contributed by atoms with Crippen molar-refractivity contribution in [2.75, 3.05) is 13.9 Å². The number of hydrogen-bond acceptors (Lipinski definition) is 8. The topological polar surface area (TPSA) is 89.5 Å². The van der Waals surface area contributed by atoms with Gasteiger partial charge in [-0.15, -0.1) is 0 Å². The summed E-state index contributed by atoms with van der Waals surface area (Å²) < 4.78 is 15.8. The highest BCUT2D eigenvalue weighted by Crippen LogP contribution is 2.46. The number of fused-ring (bicyclic) bond motifs is 2. The third-order valence-corrected chi connectivity index (χ3v) is 7.11. The first-order valence-corrected chi connectivity index (χ1v) is 12.1. The van der Waals surface area contributed by atoms with Crippen molar-refractivity contribution in [3.05, 3.63) is 81.0 Å². The Hall–Kier alpha value is -3.43. The summed E-state index contributed by atoms with van der Waals surface area (Å²) in [5.41, 5.74) is 3.30. The van der Waals surface area contributed by atoms with Crippen molar-refractivity contribution >= 4 is 40.4 Å². The van der Waals surface area contributed by atoms with Crippen LogP contribution in [0.4, 0.5) is 0 Å². The van der Waals surface area contributed by atoms with E-state index in [1.54, 1.807) is 13.0 Å². The second kappa shape index (κ2) is 9.67. The van der Waals surface area contributed by atoms with Crippen molar-refractivity contribution in [1.82, 2.24) is 10.2 Å². The molecule has 2 aromatic carbocycles. The molecule has 5 rings (SSSR count). The minimum absolute atomic E-state index is 0.102. The second-order valence-electron chi connectivity index (χ2n) is 8.05. The normalized spacial score (nSPS) is 18.1. The van der Waals surface area contributed by atoms with Crippen molar-refractivity contribution in [2.24, 2.45) is 4.99 Å². The van der Waals surface area contributed by atoms with Crippen LogP contribution in [0.15, 0.2) is 69.8 Å². The fourth-order valence-corrected chi connectivity index (χ4v) is 5.41. The SMILES string of the molecule is COC(=O)C1=C(C)N=C2SC=C(CC(=O)NCc3ccc4c(c3)OCO4)N2C1c1ccccc1Cl. The van der Waals surface area contributed by atoms with E-state index in [1.165, 1.54) is 18.9 Å². The van der Waals surface area contributed by atoms with E-state index in [0.29, 0.717) is 39.5 Å². The molecule has 0 aromatic heterocycles. The molecule has 2 aromatic rings. The molecule has 3 heterocycles. The first kappa shape index (κ1) is 23.3. The minimum atomic E-state index is -0.563. The highest BCUT2D eigenvalue weighted by Gasteiger charge is 2.41. The molecule has 35 heavy (non-hydrogen) atoms. The van der Waals surface area contributed by atoms with Crippen LogP contribution in [0.25, 0.3) is 0 Å². The van der Waals surface area contributed by atoms with Crippen molar-refractivity contribution in [3.63, 3.8) is 0 Å². The number of amides is 1.